The second kappa shape index (κ2) is 10.7. The first-order valence-corrected chi connectivity index (χ1v) is 7.52. The van der Waals surface area contributed by atoms with E-state index in [1.807, 2.05) is 20.8 Å². The summed E-state index contributed by atoms with van der Waals surface area (Å²) >= 11 is 0. The number of likely N-dealkylation sites (N-methyl/N-ethyl adjacent to an activating group) is 1. The van der Waals surface area contributed by atoms with E-state index in [1.54, 1.807) is 19.0 Å². The van der Waals surface area contributed by atoms with Gasteiger partial charge in [0.25, 0.3) is 0 Å². The van der Waals surface area contributed by atoms with Crippen LogP contribution < -0.4 is 10.6 Å². The molecule has 0 spiro atoms. The van der Waals surface area contributed by atoms with E-state index >= 15 is 0 Å². The minimum Gasteiger partial charge on any atom is -0.357 e. The number of hydrogen-bond acceptors (Lipinski definition) is 2. The highest BCUT2D eigenvalue weighted by atomic mass is 127. The molecule has 23 heavy (non-hydrogen) atoms. The summed E-state index contributed by atoms with van der Waals surface area (Å²) in [5.41, 5.74) is 0.0524. The lowest BCUT2D eigenvalue weighted by atomic mass is 10.0. The van der Waals surface area contributed by atoms with Crippen molar-refractivity contribution in [3.05, 3.63) is 35.4 Å². The lowest BCUT2D eigenvalue weighted by Gasteiger charge is -2.24. The van der Waals surface area contributed by atoms with Crippen molar-refractivity contribution in [2.75, 3.05) is 27.2 Å². The quantitative estimate of drug-likeness (QED) is 0.406. The van der Waals surface area contributed by atoms with Crippen molar-refractivity contribution in [1.82, 2.24) is 15.5 Å². The van der Waals surface area contributed by atoms with Gasteiger partial charge >= 0.3 is 0 Å². The molecule has 0 aliphatic carbocycles. The van der Waals surface area contributed by atoms with Crippen molar-refractivity contribution in [3.8, 4) is 0 Å². The molecule has 1 aromatic rings. The van der Waals surface area contributed by atoms with Gasteiger partial charge in [-0.1, -0.05) is 6.07 Å². The van der Waals surface area contributed by atoms with Gasteiger partial charge in [-0.2, -0.15) is 0 Å². The van der Waals surface area contributed by atoms with E-state index in [4.69, 9.17) is 0 Å². The van der Waals surface area contributed by atoms with E-state index in [0.29, 0.717) is 5.96 Å². The number of guanidine groups is 1. The summed E-state index contributed by atoms with van der Waals surface area (Å²) in [7, 11) is 3.57. The van der Waals surface area contributed by atoms with Gasteiger partial charge in [0.1, 0.15) is 11.6 Å². The van der Waals surface area contributed by atoms with Crippen LogP contribution in [-0.4, -0.2) is 44.1 Å². The Hall–Kier alpha value is -0.960. The minimum absolute atomic E-state index is 0. The number of hydrogen-bond donors (Lipinski definition) is 2. The Kier molecular flexibility index (Phi) is 10.3. The minimum atomic E-state index is -0.546. The second-order valence-electron chi connectivity index (χ2n) is 5.63. The van der Waals surface area contributed by atoms with Crippen molar-refractivity contribution < 1.29 is 8.78 Å². The standard InChI is InChI=1S/C16H26F2N4.HI/c1-6-19-16(21-11(2)3)20-10-14(22(4)5)15-12(17)8-7-9-13(15)18;/h7-9,11,14H,6,10H2,1-5H3,(H2,19,20,21);1H. The molecule has 0 aliphatic heterocycles. The molecule has 0 fully saturated rings. The van der Waals surface area contributed by atoms with Gasteiger partial charge in [-0.25, -0.2) is 8.78 Å². The third-order valence-electron chi connectivity index (χ3n) is 3.15. The zero-order chi connectivity index (χ0) is 16.7. The number of aliphatic imine (C=N–C) groups is 1. The molecule has 0 heterocycles. The zero-order valence-electron chi connectivity index (χ0n) is 14.4. The third-order valence-corrected chi connectivity index (χ3v) is 3.15. The summed E-state index contributed by atoms with van der Waals surface area (Å²) < 4.78 is 28.0. The van der Waals surface area contributed by atoms with Gasteiger partial charge in [0.05, 0.1) is 12.6 Å². The van der Waals surface area contributed by atoms with E-state index < -0.39 is 17.7 Å². The van der Waals surface area contributed by atoms with E-state index in [-0.39, 0.29) is 42.1 Å². The number of rotatable bonds is 6. The smallest absolute Gasteiger partial charge is 0.191 e. The summed E-state index contributed by atoms with van der Waals surface area (Å²) in [5, 5.41) is 6.31. The Morgan fingerprint density at radius 1 is 1.22 bits per heavy atom. The summed E-state index contributed by atoms with van der Waals surface area (Å²) in [4.78, 5) is 6.22. The molecule has 2 N–H and O–H groups in total. The van der Waals surface area contributed by atoms with E-state index in [9.17, 15) is 8.78 Å². The molecule has 4 nitrogen and oxygen atoms in total. The normalized spacial score (nSPS) is 13.0. The fraction of sp³-hybridized carbons (Fsp3) is 0.562. The van der Waals surface area contributed by atoms with E-state index in [0.717, 1.165) is 6.54 Å². The lowest BCUT2D eigenvalue weighted by molar-refractivity contribution is 0.290. The molecule has 1 aromatic carbocycles. The Bertz CT molecular complexity index is 487. The number of halogens is 3. The fourth-order valence-corrected chi connectivity index (χ4v) is 2.11. The molecule has 0 bridgehead atoms. The van der Waals surface area contributed by atoms with Crippen LogP contribution in [-0.2, 0) is 0 Å². The summed E-state index contributed by atoms with van der Waals surface area (Å²) in [6, 6.07) is 3.67. The SMILES string of the molecule is CCNC(=NCC(c1c(F)cccc1F)N(C)C)NC(C)C.I. The third kappa shape index (κ3) is 6.99. The molecule has 0 aliphatic rings. The molecule has 0 aromatic heterocycles. The van der Waals surface area contributed by atoms with Gasteiger partial charge in [0.2, 0.25) is 0 Å². The molecule has 0 radical (unpaired) electrons. The van der Waals surface area contributed by atoms with Crippen LogP contribution in [0.25, 0.3) is 0 Å². The van der Waals surface area contributed by atoms with Crippen LogP contribution in [0.1, 0.15) is 32.4 Å². The molecule has 0 saturated carbocycles. The highest BCUT2D eigenvalue weighted by molar-refractivity contribution is 14.0. The number of nitrogens with zero attached hydrogens (tertiary/aromatic N) is 2. The second-order valence-corrected chi connectivity index (χ2v) is 5.63. The first kappa shape index (κ1) is 22.0. The van der Waals surface area contributed by atoms with Gasteiger partial charge in [-0.3, -0.25) is 4.99 Å². The topological polar surface area (TPSA) is 39.7 Å². The monoisotopic (exact) mass is 440 g/mol. The van der Waals surface area contributed by atoms with Crippen molar-refractivity contribution in [1.29, 1.82) is 0 Å². The molecular formula is C16H27F2IN4. The molecule has 1 rings (SSSR count). The first-order valence-electron chi connectivity index (χ1n) is 7.52. The molecule has 1 atom stereocenters. The van der Waals surface area contributed by atoms with Crippen molar-refractivity contribution in [2.24, 2.45) is 4.99 Å². The number of benzene rings is 1. The molecule has 7 heteroatoms. The fourth-order valence-electron chi connectivity index (χ4n) is 2.11. The van der Waals surface area contributed by atoms with Crippen molar-refractivity contribution in [3.63, 3.8) is 0 Å². The maximum Gasteiger partial charge on any atom is 0.191 e. The molecule has 1 unspecified atom stereocenters. The lowest BCUT2D eigenvalue weighted by Crippen LogP contribution is -2.41. The summed E-state index contributed by atoms with van der Waals surface area (Å²) in [5.74, 6) is -0.451. The van der Waals surface area contributed by atoms with Crippen LogP contribution in [0.15, 0.2) is 23.2 Å². The zero-order valence-corrected chi connectivity index (χ0v) is 16.7. The maximum atomic E-state index is 14.0. The molecular weight excluding hydrogens is 413 g/mol. The average molecular weight is 440 g/mol. The van der Waals surface area contributed by atoms with Gasteiger partial charge in [0.15, 0.2) is 5.96 Å². The highest BCUT2D eigenvalue weighted by Crippen LogP contribution is 2.24. The predicted molar refractivity (Wildman–Crippen MR) is 102 cm³/mol. The summed E-state index contributed by atoms with van der Waals surface area (Å²) in [6.07, 6.45) is 0. The number of nitrogens with one attached hydrogen (secondary N) is 2. The first-order chi connectivity index (χ1) is 10.4. The van der Waals surface area contributed by atoms with Crippen LogP contribution in [0.3, 0.4) is 0 Å². The Morgan fingerprint density at radius 3 is 2.22 bits per heavy atom. The predicted octanol–water partition coefficient (Wildman–Crippen LogP) is 3.15. The van der Waals surface area contributed by atoms with Gasteiger partial charge in [-0.15, -0.1) is 24.0 Å². The maximum absolute atomic E-state index is 14.0. The van der Waals surface area contributed by atoms with Gasteiger partial charge in [0, 0.05) is 18.2 Å². The Labute approximate surface area is 154 Å². The van der Waals surface area contributed by atoms with Crippen molar-refractivity contribution >= 4 is 29.9 Å². The van der Waals surface area contributed by atoms with Crippen molar-refractivity contribution in [2.45, 2.75) is 32.9 Å². The van der Waals surface area contributed by atoms with Crippen LogP contribution in [0.2, 0.25) is 0 Å². The van der Waals surface area contributed by atoms with Gasteiger partial charge < -0.3 is 15.5 Å². The molecule has 132 valence electrons. The Morgan fingerprint density at radius 2 is 1.78 bits per heavy atom. The largest absolute Gasteiger partial charge is 0.357 e. The van der Waals surface area contributed by atoms with E-state index in [1.165, 1.54) is 18.2 Å². The average Bonchev–Trinajstić information content (AvgIpc) is 2.41. The van der Waals surface area contributed by atoms with Gasteiger partial charge in [-0.05, 0) is 47.0 Å². The summed E-state index contributed by atoms with van der Waals surface area (Å²) in [6.45, 7) is 6.96. The highest BCUT2D eigenvalue weighted by Gasteiger charge is 2.22. The Balaban J connectivity index is 0.00000484. The van der Waals surface area contributed by atoms with Crippen LogP contribution in [0, 0.1) is 11.6 Å². The van der Waals surface area contributed by atoms with Crippen LogP contribution in [0.4, 0.5) is 8.78 Å². The molecule has 0 saturated heterocycles. The molecule has 0 amide bonds. The van der Waals surface area contributed by atoms with Crippen LogP contribution >= 0.6 is 24.0 Å². The van der Waals surface area contributed by atoms with E-state index in [2.05, 4.69) is 15.6 Å². The van der Waals surface area contributed by atoms with Crippen LogP contribution in [0.5, 0.6) is 0 Å².